The van der Waals surface area contributed by atoms with E-state index in [4.69, 9.17) is 0 Å². The molecule has 1 unspecified atom stereocenters. The van der Waals surface area contributed by atoms with Crippen molar-refractivity contribution in [2.75, 3.05) is 7.05 Å². The van der Waals surface area contributed by atoms with Crippen molar-refractivity contribution < 1.29 is 0 Å². The molecule has 4 nitrogen and oxygen atoms in total. The Labute approximate surface area is 101 Å². The first-order valence-electron chi connectivity index (χ1n) is 5.58. The van der Waals surface area contributed by atoms with Crippen molar-refractivity contribution in [2.45, 2.75) is 19.9 Å². The minimum absolute atomic E-state index is 0.0111. The monoisotopic (exact) mass is 228 g/mol. The molecule has 0 saturated heterocycles. The Morgan fingerprint density at radius 3 is 2.29 bits per heavy atom. The summed E-state index contributed by atoms with van der Waals surface area (Å²) in [6.45, 7) is 4.01. The Morgan fingerprint density at radius 2 is 1.71 bits per heavy atom. The second-order valence-electron chi connectivity index (χ2n) is 4.14. The Hall–Kier alpha value is -1.81. The van der Waals surface area contributed by atoms with E-state index in [0.29, 0.717) is 0 Å². The predicted molar refractivity (Wildman–Crippen MR) is 66.6 cm³/mol. The molecule has 2 rings (SSSR count). The van der Waals surface area contributed by atoms with Gasteiger partial charge in [-0.15, -0.1) is 0 Å². The van der Waals surface area contributed by atoms with Crippen LogP contribution in [0.3, 0.4) is 0 Å². The molecule has 17 heavy (non-hydrogen) atoms. The molecule has 0 bridgehead atoms. The van der Waals surface area contributed by atoms with E-state index in [2.05, 4.69) is 26.3 Å². The van der Waals surface area contributed by atoms with E-state index in [1.807, 2.05) is 45.7 Å². The molecule has 0 fully saturated rings. The molecule has 0 radical (unpaired) electrons. The quantitative estimate of drug-likeness (QED) is 0.870. The summed E-state index contributed by atoms with van der Waals surface area (Å²) in [6.07, 6.45) is 7.34. The van der Waals surface area contributed by atoms with Crippen molar-refractivity contribution in [1.29, 1.82) is 0 Å². The van der Waals surface area contributed by atoms with Gasteiger partial charge in [0.25, 0.3) is 0 Å². The molecule has 0 aliphatic carbocycles. The zero-order valence-corrected chi connectivity index (χ0v) is 10.3. The maximum absolute atomic E-state index is 4.35. The Kier molecular flexibility index (Phi) is 3.44. The first-order chi connectivity index (χ1) is 8.20. The van der Waals surface area contributed by atoms with E-state index < -0.39 is 0 Å². The molecule has 0 aromatic carbocycles. The molecule has 88 valence electrons. The van der Waals surface area contributed by atoms with Crippen molar-refractivity contribution in [3.63, 3.8) is 0 Å². The van der Waals surface area contributed by atoms with Gasteiger partial charge in [-0.3, -0.25) is 4.98 Å². The lowest BCUT2D eigenvalue weighted by atomic mass is 10.1. The molecule has 0 spiro atoms. The van der Waals surface area contributed by atoms with E-state index in [1.54, 1.807) is 0 Å². The van der Waals surface area contributed by atoms with Crippen molar-refractivity contribution in [3.8, 4) is 0 Å². The van der Waals surface area contributed by atoms with Gasteiger partial charge in [-0.05, 0) is 37.6 Å². The Balaban J connectivity index is 2.36. The summed E-state index contributed by atoms with van der Waals surface area (Å²) >= 11 is 0. The molecular formula is C13H16N4. The molecule has 4 heteroatoms. The van der Waals surface area contributed by atoms with Crippen LogP contribution in [0, 0.1) is 13.8 Å². The maximum atomic E-state index is 4.35. The zero-order valence-electron chi connectivity index (χ0n) is 10.3. The van der Waals surface area contributed by atoms with Crippen LogP contribution in [0.1, 0.15) is 28.6 Å². The van der Waals surface area contributed by atoms with Gasteiger partial charge in [0.05, 0.1) is 6.04 Å². The first kappa shape index (κ1) is 11.7. The number of rotatable bonds is 3. The van der Waals surface area contributed by atoms with Gasteiger partial charge >= 0.3 is 0 Å². The highest BCUT2D eigenvalue weighted by Gasteiger charge is 2.14. The number of pyridine rings is 1. The van der Waals surface area contributed by atoms with Gasteiger partial charge in [0.2, 0.25) is 0 Å². The van der Waals surface area contributed by atoms with Crippen LogP contribution in [0.15, 0.2) is 30.9 Å². The maximum Gasteiger partial charge on any atom is 0.149 e. The fraction of sp³-hybridized carbons (Fsp3) is 0.308. The highest BCUT2D eigenvalue weighted by atomic mass is 15.0. The van der Waals surface area contributed by atoms with Gasteiger partial charge < -0.3 is 5.32 Å². The zero-order chi connectivity index (χ0) is 12.3. The van der Waals surface area contributed by atoms with Gasteiger partial charge in [0.15, 0.2) is 0 Å². The fourth-order valence-corrected chi connectivity index (χ4v) is 1.73. The summed E-state index contributed by atoms with van der Waals surface area (Å²) in [4.78, 5) is 12.9. The van der Waals surface area contributed by atoms with E-state index in [-0.39, 0.29) is 6.04 Å². The molecule has 2 aromatic rings. The van der Waals surface area contributed by atoms with E-state index in [9.17, 15) is 0 Å². The lowest BCUT2D eigenvalue weighted by Crippen LogP contribution is -2.20. The van der Waals surface area contributed by atoms with Crippen LogP contribution in [-0.2, 0) is 0 Å². The average molecular weight is 228 g/mol. The Morgan fingerprint density at radius 1 is 1.00 bits per heavy atom. The molecule has 2 aromatic heterocycles. The number of aromatic nitrogens is 3. The number of nitrogens with zero attached hydrogens (tertiary/aromatic N) is 3. The number of hydrogen-bond donors (Lipinski definition) is 1. The summed E-state index contributed by atoms with van der Waals surface area (Å²) in [5.74, 6) is 0.769. The second kappa shape index (κ2) is 5.01. The van der Waals surface area contributed by atoms with Crippen LogP contribution in [0.4, 0.5) is 0 Å². The standard InChI is InChI=1S/C13H16N4/c1-9-4-11(8-15-5-9)12(14-3)13-16-6-10(2)7-17-13/h4-8,12,14H,1-3H3. The van der Waals surface area contributed by atoms with Crippen LogP contribution in [0.2, 0.25) is 0 Å². The summed E-state index contributed by atoms with van der Waals surface area (Å²) in [7, 11) is 1.90. The normalized spacial score (nSPS) is 12.4. The summed E-state index contributed by atoms with van der Waals surface area (Å²) in [5.41, 5.74) is 3.28. The molecule has 1 N–H and O–H groups in total. The Bertz CT molecular complexity index is 493. The highest BCUT2D eigenvalue weighted by molar-refractivity contribution is 5.25. The van der Waals surface area contributed by atoms with Gasteiger partial charge in [0.1, 0.15) is 5.82 Å². The van der Waals surface area contributed by atoms with E-state index >= 15 is 0 Å². The van der Waals surface area contributed by atoms with Gasteiger partial charge in [-0.25, -0.2) is 9.97 Å². The molecule has 2 heterocycles. The first-order valence-corrected chi connectivity index (χ1v) is 5.58. The molecule has 0 amide bonds. The number of hydrogen-bond acceptors (Lipinski definition) is 4. The van der Waals surface area contributed by atoms with Crippen molar-refractivity contribution in [3.05, 3.63) is 53.4 Å². The van der Waals surface area contributed by atoms with E-state index in [0.717, 1.165) is 22.5 Å². The number of aryl methyl sites for hydroxylation is 2. The third-order valence-electron chi connectivity index (χ3n) is 2.58. The lowest BCUT2D eigenvalue weighted by molar-refractivity contribution is 0.642. The molecular weight excluding hydrogens is 212 g/mol. The molecule has 0 aliphatic rings. The van der Waals surface area contributed by atoms with Gasteiger partial charge in [-0.1, -0.05) is 6.07 Å². The molecule has 1 atom stereocenters. The minimum atomic E-state index is -0.0111. The highest BCUT2D eigenvalue weighted by Crippen LogP contribution is 2.18. The fourth-order valence-electron chi connectivity index (χ4n) is 1.73. The van der Waals surface area contributed by atoms with Gasteiger partial charge in [0, 0.05) is 24.8 Å². The summed E-state index contributed by atoms with van der Waals surface area (Å²) in [5, 5.41) is 3.22. The van der Waals surface area contributed by atoms with Gasteiger partial charge in [-0.2, -0.15) is 0 Å². The third-order valence-corrected chi connectivity index (χ3v) is 2.58. The van der Waals surface area contributed by atoms with Crippen molar-refractivity contribution in [2.24, 2.45) is 0 Å². The topological polar surface area (TPSA) is 50.7 Å². The van der Waals surface area contributed by atoms with Crippen LogP contribution in [-0.4, -0.2) is 22.0 Å². The smallest absolute Gasteiger partial charge is 0.149 e. The predicted octanol–water partition coefficient (Wildman–Crippen LogP) is 1.80. The minimum Gasteiger partial charge on any atom is -0.307 e. The van der Waals surface area contributed by atoms with Crippen molar-refractivity contribution >= 4 is 0 Å². The summed E-state index contributed by atoms with van der Waals surface area (Å²) in [6, 6.07) is 2.08. The van der Waals surface area contributed by atoms with Crippen LogP contribution in [0.5, 0.6) is 0 Å². The second-order valence-corrected chi connectivity index (χ2v) is 4.14. The lowest BCUT2D eigenvalue weighted by Gasteiger charge is -2.15. The van der Waals surface area contributed by atoms with Crippen LogP contribution >= 0.6 is 0 Å². The van der Waals surface area contributed by atoms with E-state index in [1.165, 1.54) is 0 Å². The number of nitrogens with one attached hydrogen (secondary N) is 1. The van der Waals surface area contributed by atoms with Crippen LogP contribution in [0.25, 0.3) is 0 Å². The average Bonchev–Trinajstić information content (AvgIpc) is 2.33. The third kappa shape index (κ3) is 2.65. The SMILES string of the molecule is CNC(c1cncc(C)c1)c1ncc(C)cn1. The molecule has 0 aliphatic heterocycles. The largest absolute Gasteiger partial charge is 0.307 e. The van der Waals surface area contributed by atoms with Crippen molar-refractivity contribution in [1.82, 2.24) is 20.3 Å². The van der Waals surface area contributed by atoms with Crippen LogP contribution < -0.4 is 5.32 Å². The summed E-state index contributed by atoms with van der Waals surface area (Å²) < 4.78 is 0. The molecule has 0 saturated carbocycles.